The van der Waals surface area contributed by atoms with E-state index >= 15 is 0 Å². The Kier molecular flexibility index (Phi) is 6.25. The first-order valence-electron chi connectivity index (χ1n) is 8.10. The van der Waals surface area contributed by atoms with Crippen LogP contribution in [-0.4, -0.2) is 24.5 Å². The Morgan fingerprint density at radius 2 is 1.73 bits per heavy atom. The molecule has 1 aliphatic carbocycles. The number of urea groups is 1. The van der Waals surface area contributed by atoms with Gasteiger partial charge in [0, 0.05) is 24.7 Å². The van der Waals surface area contributed by atoms with Crippen molar-refractivity contribution in [1.82, 2.24) is 16.0 Å². The van der Waals surface area contributed by atoms with Crippen LogP contribution in [0, 0.1) is 0 Å². The van der Waals surface area contributed by atoms with E-state index in [-0.39, 0.29) is 11.9 Å². The molecule has 1 aromatic carbocycles. The van der Waals surface area contributed by atoms with Crippen molar-refractivity contribution in [3.8, 4) is 0 Å². The molecule has 5 heteroatoms. The highest BCUT2D eigenvalue weighted by Gasteiger charge is 2.15. The number of nitrogens with one attached hydrogen (secondary N) is 3. The van der Waals surface area contributed by atoms with E-state index in [1.165, 1.54) is 19.3 Å². The van der Waals surface area contributed by atoms with Crippen LogP contribution in [0.5, 0.6) is 0 Å². The lowest BCUT2D eigenvalue weighted by atomic mass is 9.96. The summed E-state index contributed by atoms with van der Waals surface area (Å²) in [5, 5.41) is 8.65. The summed E-state index contributed by atoms with van der Waals surface area (Å²) < 4.78 is 0. The fraction of sp³-hybridized carbons (Fsp3) is 0.529. The summed E-state index contributed by atoms with van der Waals surface area (Å²) in [4.78, 5) is 23.5. The van der Waals surface area contributed by atoms with Gasteiger partial charge in [-0.1, -0.05) is 31.4 Å². The number of carbonyl (C=O) groups is 2. The molecule has 1 fully saturated rings. The highest BCUT2D eigenvalue weighted by atomic mass is 16.2. The Hall–Kier alpha value is -2.04. The Balaban J connectivity index is 1.76. The number of carbonyl (C=O) groups excluding carboxylic acids is 2. The molecule has 0 heterocycles. The second kappa shape index (κ2) is 8.41. The van der Waals surface area contributed by atoms with Gasteiger partial charge in [-0.25, -0.2) is 4.79 Å². The largest absolute Gasteiger partial charge is 0.352 e. The van der Waals surface area contributed by atoms with Crippen molar-refractivity contribution in [2.75, 3.05) is 6.54 Å². The van der Waals surface area contributed by atoms with Crippen LogP contribution in [-0.2, 0) is 6.54 Å². The fourth-order valence-electron chi connectivity index (χ4n) is 2.70. The smallest absolute Gasteiger partial charge is 0.315 e. The van der Waals surface area contributed by atoms with Crippen molar-refractivity contribution in [1.29, 1.82) is 0 Å². The van der Waals surface area contributed by atoms with Crippen LogP contribution < -0.4 is 16.0 Å². The van der Waals surface area contributed by atoms with Crippen LogP contribution in [0.1, 0.15) is 54.9 Å². The SMILES string of the molecule is CCNC(=O)c1ccc(CNC(=O)NC2CCCCC2)cc1. The minimum Gasteiger partial charge on any atom is -0.352 e. The summed E-state index contributed by atoms with van der Waals surface area (Å²) >= 11 is 0. The third kappa shape index (κ3) is 5.06. The van der Waals surface area contributed by atoms with Crippen LogP contribution in [0.2, 0.25) is 0 Å². The molecule has 0 spiro atoms. The maximum absolute atomic E-state index is 11.9. The average Bonchev–Trinajstić information content (AvgIpc) is 2.54. The van der Waals surface area contributed by atoms with E-state index < -0.39 is 0 Å². The maximum Gasteiger partial charge on any atom is 0.315 e. The molecule has 0 unspecified atom stereocenters. The minimum absolute atomic E-state index is 0.0722. The standard InChI is InChI=1S/C17H25N3O2/c1-2-18-16(21)14-10-8-13(9-11-14)12-19-17(22)20-15-6-4-3-5-7-15/h8-11,15H,2-7,12H2,1H3,(H,18,21)(H2,19,20,22). The van der Waals surface area contributed by atoms with E-state index in [2.05, 4.69) is 16.0 Å². The summed E-state index contributed by atoms with van der Waals surface area (Å²) in [5.74, 6) is -0.0722. The van der Waals surface area contributed by atoms with Gasteiger partial charge in [-0.05, 0) is 37.5 Å². The molecule has 22 heavy (non-hydrogen) atoms. The van der Waals surface area contributed by atoms with Crippen molar-refractivity contribution in [3.63, 3.8) is 0 Å². The molecule has 0 saturated heterocycles. The Morgan fingerprint density at radius 1 is 1.05 bits per heavy atom. The van der Waals surface area contributed by atoms with E-state index in [4.69, 9.17) is 0 Å². The molecule has 120 valence electrons. The van der Waals surface area contributed by atoms with Crippen molar-refractivity contribution < 1.29 is 9.59 Å². The van der Waals surface area contributed by atoms with Gasteiger partial charge in [0.15, 0.2) is 0 Å². The Morgan fingerprint density at radius 3 is 2.36 bits per heavy atom. The zero-order chi connectivity index (χ0) is 15.8. The zero-order valence-corrected chi connectivity index (χ0v) is 13.2. The second-order valence-electron chi connectivity index (χ2n) is 5.72. The predicted molar refractivity (Wildman–Crippen MR) is 86.7 cm³/mol. The third-order valence-corrected chi connectivity index (χ3v) is 3.95. The first kappa shape index (κ1) is 16.3. The molecule has 0 radical (unpaired) electrons. The van der Waals surface area contributed by atoms with Crippen LogP contribution in [0.4, 0.5) is 4.79 Å². The summed E-state index contributed by atoms with van der Waals surface area (Å²) in [6.45, 7) is 2.97. The minimum atomic E-state index is -0.111. The van der Waals surface area contributed by atoms with E-state index in [0.717, 1.165) is 18.4 Å². The normalized spacial score (nSPS) is 15.1. The first-order chi connectivity index (χ1) is 10.7. The molecule has 1 aliphatic rings. The topological polar surface area (TPSA) is 70.2 Å². The summed E-state index contributed by atoms with van der Waals surface area (Å²) in [7, 11) is 0. The first-order valence-corrected chi connectivity index (χ1v) is 8.10. The molecule has 1 saturated carbocycles. The quantitative estimate of drug-likeness (QED) is 0.782. The number of hydrogen-bond donors (Lipinski definition) is 3. The third-order valence-electron chi connectivity index (χ3n) is 3.95. The number of rotatable bonds is 5. The Labute approximate surface area is 131 Å². The number of amides is 3. The molecule has 0 atom stereocenters. The second-order valence-corrected chi connectivity index (χ2v) is 5.72. The summed E-state index contributed by atoms with van der Waals surface area (Å²) in [6.07, 6.45) is 5.83. The van der Waals surface area contributed by atoms with Crippen molar-refractivity contribution in [3.05, 3.63) is 35.4 Å². The predicted octanol–water partition coefficient (Wildman–Crippen LogP) is 2.57. The van der Waals surface area contributed by atoms with Crippen molar-refractivity contribution in [2.45, 2.75) is 51.6 Å². The Bertz CT molecular complexity index is 493. The zero-order valence-electron chi connectivity index (χ0n) is 13.2. The van der Waals surface area contributed by atoms with Gasteiger partial charge in [0.1, 0.15) is 0 Å². The lowest BCUT2D eigenvalue weighted by Crippen LogP contribution is -2.42. The highest BCUT2D eigenvalue weighted by Crippen LogP contribution is 2.17. The van der Waals surface area contributed by atoms with Gasteiger partial charge in [0.2, 0.25) is 0 Å². The molecule has 5 nitrogen and oxygen atoms in total. The molecule has 0 aromatic heterocycles. The summed E-state index contributed by atoms with van der Waals surface area (Å²) in [5.41, 5.74) is 1.61. The molecule has 2 rings (SSSR count). The van der Waals surface area contributed by atoms with Gasteiger partial charge < -0.3 is 16.0 Å². The molecule has 3 amide bonds. The van der Waals surface area contributed by atoms with Crippen LogP contribution in [0.25, 0.3) is 0 Å². The maximum atomic E-state index is 11.9. The van der Waals surface area contributed by atoms with Crippen molar-refractivity contribution in [2.24, 2.45) is 0 Å². The van der Waals surface area contributed by atoms with Gasteiger partial charge in [-0.3, -0.25) is 4.79 Å². The van der Waals surface area contributed by atoms with Crippen LogP contribution in [0.15, 0.2) is 24.3 Å². The summed E-state index contributed by atoms with van der Waals surface area (Å²) in [6, 6.07) is 7.49. The van der Waals surface area contributed by atoms with E-state index in [9.17, 15) is 9.59 Å². The van der Waals surface area contributed by atoms with Crippen LogP contribution in [0.3, 0.4) is 0 Å². The number of hydrogen-bond acceptors (Lipinski definition) is 2. The molecular weight excluding hydrogens is 278 g/mol. The van der Waals surface area contributed by atoms with E-state index in [1.54, 1.807) is 12.1 Å². The van der Waals surface area contributed by atoms with Crippen molar-refractivity contribution >= 4 is 11.9 Å². The lowest BCUT2D eigenvalue weighted by molar-refractivity contribution is 0.0956. The average molecular weight is 303 g/mol. The molecule has 3 N–H and O–H groups in total. The van der Waals surface area contributed by atoms with Gasteiger partial charge in [0.25, 0.3) is 5.91 Å². The van der Waals surface area contributed by atoms with E-state index in [0.29, 0.717) is 24.7 Å². The van der Waals surface area contributed by atoms with Crippen LogP contribution >= 0.6 is 0 Å². The van der Waals surface area contributed by atoms with Gasteiger partial charge in [-0.15, -0.1) is 0 Å². The highest BCUT2D eigenvalue weighted by molar-refractivity contribution is 5.94. The monoisotopic (exact) mass is 303 g/mol. The fourth-order valence-corrected chi connectivity index (χ4v) is 2.70. The van der Waals surface area contributed by atoms with Gasteiger partial charge >= 0.3 is 6.03 Å². The van der Waals surface area contributed by atoms with Gasteiger partial charge in [-0.2, -0.15) is 0 Å². The molecule has 1 aromatic rings. The number of benzene rings is 1. The molecular formula is C17H25N3O2. The molecule has 0 bridgehead atoms. The van der Waals surface area contributed by atoms with Gasteiger partial charge in [0.05, 0.1) is 0 Å². The molecule has 0 aliphatic heterocycles. The lowest BCUT2D eigenvalue weighted by Gasteiger charge is -2.22. The van der Waals surface area contributed by atoms with E-state index in [1.807, 2.05) is 19.1 Å².